The van der Waals surface area contributed by atoms with Crippen molar-refractivity contribution >= 4 is 27.5 Å². The van der Waals surface area contributed by atoms with Gasteiger partial charge in [-0.1, -0.05) is 36.9 Å². The predicted molar refractivity (Wildman–Crippen MR) is 106 cm³/mol. The van der Waals surface area contributed by atoms with Crippen LogP contribution in [0, 0.1) is 0 Å². The van der Waals surface area contributed by atoms with Gasteiger partial charge in [0.1, 0.15) is 0 Å². The lowest BCUT2D eigenvalue weighted by atomic mass is 9.95. The molecule has 1 amide bonds. The number of nitrogens with one attached hydrogen (secondary N) is 1. The van der Waals surface area contributed by atoms with E-state index in [1.807, 2.05) is 6.92 Å². The van der Waals surface area contributed by atoms with Crippen LogP contribution in [0.5, 0.6) is 0 Å². The van der Waals surface area contributed by atoms with Crippen molar-refractivity contribution in [2.24, 2.45) is 0 Å². The number of carbonyl (C=O) groups excluding carboxylic acids is 1. The van der Waals surface area contributed by atoms with E-state index in [-0.39, 0.29) is 22.9 Å². The van der Waals surface area contributed by atoms with E-state index in [0.717, 1.165) is 12.8 Å². The first-order valence-electron chi connectivity index (χ1n) is 9.68. The molecule has 3 rings (SSSR count). The molecular formula is C19H28ClN3O3S. The van der Waals surface area contributed by atoms with E-state index in [9.17, 15) is 13.2 Å². The molecule has 27 heavy (non-hydrogen) atoms. The van der Waals surface area contributed by atoms with Gasteiger partial charge in [0.15, 0.2) is 0 Å². The number of carbonyl (C=O) groups is 1. The van der Waals surface area contributed by atoms with Gasteiger partial charge in [-0.3, -0.25) is 9.69 Å². The monoisotopic (exact) mass is 413 g/mol. The van der Waals surface area contributed by atoms with Gasteiger partial charge in [0.05, 0.1) is 10.9 Å². The summed E-state index contributed by atoms with van der Waals surface area (Å²) in [5.74, 6) is 0.0491. The molecular weight excluding hydrogens is 386 g/mol. The van der Waals surface area contributed by atoms with Crippen molar-refractivity contribution in [1.29, 1.82) is 0 Å². The molecule has 1 aliphatic heterocycles. The molecule has 6 nitrogen and oxygen atoms in total. The lowest BCUT2D eigenvalue weighted by Gasteiger charge is -2.37. The van der Waals surface area contributed by atoms with E-state index in [2.05, 4.69) is 10.2 Å². The smallest absolute Gasteiger partial charge is 0.243 e. The first-order valence-corrected chi connectivity index (χ1v) is 11.5. The summed E-state index contributed by atoms with van der Waals surface area (Å²) in [6.45, 7) is 3.73. The molecule has 150 valence electrons. The summed E-state index contributed by atoms with van der Waals surface area (Å²) in [5, 5.41) is 3.57. The minimum atomic E-state index is -3.55. The number of sulfonamides is 1. The first kappa shape index (κ1) is 20.6. The standard InChI is InChI=1S/C19H28ClN3O3S/c1-15(19(24)21-17-7-3-2-4-8-17)22-10-12-23(13-11-22)27(25,26)18-9-5-6-16(20)14-18/h5-6,9,14-15,17H,2-4,7-8,10-13H2,1H3,(H,21,24). The Morgan fingerprint density at radius 1 is 1.15 bits per heavy atom. The Morgan fingerprint density at radius 2 is 1.81 bits per heavy atom. The van der Waals surface area contributed by atoms with Crippen molar-refractivity contribution in [3.8, 4) is 0 Å². The van der Waals surface area contributed by atoms with Crippen molar-refractivity contribution in [2.45, 2.75) is 56.0 Å². The van der Waals surface area contributed by atoms with Crippen molar-refractivity contribution in [1.82, 2.24) is 14.5 Å². The number of rotatable bonds is 5. The maximum atomic E-state index is 12.8. The first-order chi connectivity index (χ1) is 12.9. The third-order valence-electron chi connectivity index (χ3n) is 5.59. The van der Waals surface area contributed by atoms with Gasteiger partial charge >= 0.3 is 0 Å². The van der Waals surface area contributed by atoms with Gasteiger partial charge in [-0.15, -0.1) is 0 Å². The molecule has 0 spiro atoms. The maximum Gasteiger partial charge on any atom is 0.243 e. The molecule has 1 aromatic carbocycles. The molecule has 0 radical (unpaired) electrons. The highest BCUT2D eigenvalue weighted by atomic mass is 35.5. The van der Waals surface area contributed by atoms with Crippen molar-refractivity contribution in [3.05, 3.63) is 29.3 Å². The number of piperazine rings is 1. The van der Waals surface area contributed by atoms with Crippen molar-refractivity contribution in [2.75, 3.05) is 26.2 Å². The molecule has 8 heteroatoms. The molecule has 1 aliphatic carbocycles. The molecule has 1 atom stereocenters. The topological polar surface area (TPSA) is 69.7 Å². The predicted octanol–water partition coefficient (Wildman–Crippen LogP) is 2.48. The summed E-state index contributed by atoms with van der Waals surface area (Å²) >= 11 is 5.93. The Kier molecular flexibility index (Phi) is 6.78. The fraction of sp³-hybridized carbons (Fsp3) is 0.632. The van der Waals surface area contributed by atoms with Gasteiger partial charge < -0.3 is 5.32 Å². The molecule has 2 aliphatic rings. The fourth-order valence-corrected chi connectivity index (χ4v) is 5.57. The molecule has 0 aromatic heterocycles. The molecule has 1 saturated carbocycles. The Morgan fingerprint density at radius 3 is 2.44 bits per heavy atom. The maximum absolute atomic E-state index is 12.8. The number of halogens is 1. The summed E-state index contributed by atoms with van der Waals surface area (Å²) in [7, 11) is -3.55. The number of amides is 1. The SMILES string of the molecule is CC(C(=O)NC1CCCCC1)N1CCN(S(=O)(=O)c2cccc(Cl)c2)CC1. The number of benzene rings is 1. The lowest BCUT2D eigenvalue weighted by molar-refractivity contribution is -0.127. The van der Waals surface area contributed by atoms with Crippen LogP contribution in [0.1, 0.15) is 39.0 Å². The van der Waals surface area contributed by atoms with Crippen LogP contribution in [-0.4, -0.2) is 61.8 Å². The quantitative estimate of drug-likeness (QED) is 0.805. The normalized spacial score (nSPS) is 21.7. The van der Waals surface area contributed by atoms with Crippen LogP contribution < -0.4 is 5.32 Å². The van der Waals surface area contributed by atoms with Crippen LogP contribution in [0.2, 0.25) is 5.02 Å². The van der Waals surface area contributed by atoms with Crippen LogP contribution in [0.25, 0.3) is 0 Å². The zero-order valence-corrected chi connectivity index (χ0v) is 17.3. The van der Waals surface area contributed by atoms with E-state index in [1.165, 1.54) is 29.6 Å². The summed E-state index contributed by atoms with van der Waals surface area (Å²) in [6, 6.07) is 6.38. The molecule has 0 bridgehead atoms. The van der Waals surface area contributed by atoms with Gasteiger partial charge in [0.2, 0.25) is 15.9 Å². The van der Waals surface area contributed by atoms with Crippen molar-refractivity contribution in [3.63, 3.8) is 0 Å². The largest absolute Gasteiger partial charge is 0.352 e. The zero-order chi connectivity index (χ0) is 19.4. The summed E-state index contributed by atoms with van der Waals surface area (Å²) in [5.41, 5.74) is 0. The molecule has 1 saturated heterocycles. The molecule has 1 unspecified atom stereocenters. The Labute approximate surface area is 166 Å². The number of hydrogen-bond acceptors (Lipinski definition) is 4. The highest BCUT2D eigenvalue weighted by Crippen LogP contribution is 2.22. The Balaban J connectivity index is 1.55. The third kappa shape index (κ3) is 5.02. The summed E-state index contributed by atoms with van der Waals surface area (Å²) in [4.78, 5) is 14.8. The van der Waals surface area contributed by atoms with Gasteiger partial charge in [-0.25, -0.2) is 8.42 Å². The van der Waals surface area contributed by atoms with Crippen LogP contribution in [-0.2, 0) is 14.8 Å². The van der Waals surface area contributed by atoms with E-state index in [1.54, 1.807) is 18.2 Å². The average Bonchev–Trinajstić information content (AvgIpc) is 2.68. The van der Waals surface area contributed by atoms with Crippen LogP contribution in [0.4, 0.5) is 0 Å². The summed E-state index contributed by atoms with van der Waals surface area (Å²) in [6.07, 6.45) is 5.73. The molecule has 2 fully saturated rings. The second kappa shape index (κ2) is 8.90. The van der Waals surface area contributed by atoms with Gasteiger partial charge in [0, 0.05) is 37.2 Å². The highest BCUT2D eigenvalue weighted by molar-refractivity contribution is 7.89. The third-order valence-corrected chi connectivity index (χ3v) is 7.72. The fourth-order valence-electron chi connectivity index (χ4n) is 3.84. The van der Waals surface area contributed by atoms with E-state index in [0.29, 0.717) is 31.2 Å². The second-order valence-electron chi connectivity index (χ2n) is 7.42. The Hall–Kier alpha value is -1.15. The van der Waals surface area contributed by atoms with Crippen LogP contribution in [0.3, 0.4) is 0 Å². The number of nitrogens with zero attached hydrogens (tertiary/aromatic N) is 2. The average molecular weight is 414 g/mol. The minimum Gasteiger partial charge on any atom is -0.352 e. The highest BCUT2D eigenvalue weighted by Gasteiger charge is 2.32. The van der Waals surface area contributed by atoms with Gasteiger partial charge in [0.25, 0.3) is 0 Å². The van der Waals surface area contributed by atoms with E-state index in [4.69, 9.17) is 11.6 Å². The van der Waals surface area contributed by atoms with E-state index >= 15 is 0 Å². The van der Waals surface area contributed by atoms with E-state index < -0.39 is 10.0 Å². The molecule has 1 N–H and O–H groups in total. The van der Waals surface area contributed by atoms with Gasteiger partial charge in [-0.05, 0) is 38.0 Å². The minimum absolute atomic E-state index is 0.0491. The van der Waals surface area contributed by atoms with Gasteiger partial charge in [-0.2, -0.15) is 4.31 Å². The van der Waals surface area contributed by atoms with Crippen LogP contribution in [0.15, 0.2) is 29.2 Å². The molecule has 1 aromatic rings. The van der Waals surface area contributed by atoms with Crippen LogP contribution >= 0.6 is 11.6 Å². The Bertz CT molecular complexity index is 757. The molecule has 1 heterocycles. The number of hydrogen-bond donors (Lipinski definition) is 1. The lowest BCUT2D eigenvalue weighted by Crippen LogP contribution is -2.55. The van der Waals surface area contributed by atoms with Crippen molar-refractivity contribution < 1.29 is 13.2 Å². The summed E-state index contributed by atoms with van der Waals surface area (Å²) < 4.78 is 27.0. The second-order valence-corrected chi connectivity index (χ2v) is 9.79. The zero-order valence-electron chi connectivity index (χ0n) is 15.7.